The highest BCUT2D eigenvalue weighted by molar-refractivity contribution is 5.96. The fourth-order valence-electron chi connectivity index (χ4n) is 11.8. The quantitative estimate of drug-likeness (QED) is 0.159. The molecule has 2 saturated carbocycles. The number of hydrogen-bond acceptors (Lipinski definition) is 12. The smallest absolute Gasteiger partial charge is 0.326 e. The number of amides is 4. The van der Waals surface area contributed by atoms with Crippen molar-refractivity contribution in [2.45, 2.75) is 153 Å². The molecule has 388 valence electrons. The Hall–Kier alpha value is -5.69. The predicted octanol–water partition coefficient (Wildman–Crippen LogP) is 5.41. The maximum Gasteiger partial charge on any atom is 0.326 e. The Labute approximate surface area is 422 Å². The summed E-state index contributed by atoms with van der Waals surface area (Å²) in [5, 5.41) is 20.2. The number of rotatable bonds is 13. The van der Waals surface area contributed by atoms with Gasteiger partial charge in [-0.3, -0.25) is 34.5 Å². The van der Waals surface area contributed by atoms with Gasteiger partial charge < -0.3 is 34.3 Å². The minimum absolute atomic E-state index is 0.00325. The molecule has 6 atom stereocenters. The van der Waals surface area contributed by atoms with Gasteiger partial charge in [-0.1, -0.05) is 38.8 Å². The number of carbonyl (C=O) groups excluding carboxylic acids is 4. The summed E-state index contributed by atoms with van der Waals surface area (Å²) in [6.45, 7) is 9.13. The Morgan fingerprint density at radius 2 is 1.82 bits per heavy atom. The highest BCUT2D eigenvalue weighted by Gasteiger charge is 2.63. The van der Waals surface area contributed by atoms with Gasteiger partial charge in [-0.15, -0.1) is 0 Å². The van der Waals surface area contributed by atoms with Crippen LogP contribution < -0.4 is 16.1 Å². The molecule has 1 aromatic heterocycles. The first kappa shape index (κ1) is 51.2. The Morgan fingerprint density at radius 3 is 2.53 bits per heavy atom. The van der Waals surface area contributed by atoms with Crippen molar-refractivity contribution >= 4 is 46.3 Å². The lowest BCUT2D eigenvalue weighted by atomic mass is 9.83. The molecular weight excluding hydrogens is 919 g/mol. The zero-order valence-corrected chi connectivity index (χ0v) is 43.3. The van der Waals surface area contributed by atoms with Crippen molar-refractivity contribution in [1.82, 2.24) is 35.4 Å². The number of hydrogen-bond donors (Lipinski definition) is 4. The number of phenols is 1. The Kier molecular flexibility index (Phi) is 14.7. The molecule has 0 unspecified atom stereocenters. The van der Waals surface area contributed by atoms with Crippen LogP contribution in [-0.2, 0) is 52.9 Å². The highest BCUT2D eigenvalue weighted by Crippen LogP contribution is 2.48. The molecule has 0 spiro atoms. The topological polar surface area (TPSA) is 209 Å². The van der Waals surface area contributed by atoms with Crippen LogP contribution >= 0.6 is 0 Å². The van der Waals surface area contributed by atoms with Gasteiger partial charge in [0.05, 0.1) is 40.6 Å². The van der Waals surface area contributed by atoms with E-state index in [9.17, 15) is 29.2 Å². The van der Waals surface area contributed by atoms with Crippen LogP contribution in [-0.4, -0.2) is 149 Å². The van der Waals surface area contributed by atoms with Gasteiger partial charge in [0, 0.05) is 82.4 Å². The van der Waals surface area contributed by atoms with Crippen molar-refractivity contribution < 1.29 is 43.5 Å². The fourth-order valence-corrected chi connectivity index (χ4v) is 11.8. The number of likely N-dealkylation sites (N-methyl/N-ethyl adjacent to an activating group) is 2. The summed E-state index contributed by atoms with van der Waals surface area (Å²) in [5.74, 6) is -1.76. The molecule has 6 bridgehead atoms. The summed E-state index contributed by atoms with van der Waals surface area (Å²) in [5.41, 5.74) is 9.65. The van der Waals surface area contributed by atoms with Gasteiger partial charge in [-0.2, -0.15) is 5.43 Å². The first-order chi connectivity index (χ1) is 34.5. The number of hydrazine groups is 1. The lowest BCUT2D eigenvalue weighted by Crippen LogP contribution is -2.62. The first-order valence-electron chi connectivity index (χ1n) is 26.0. The van der Waals surface area contributed by atoms with Crippen LogP contribution in [0.5, 0.6) is 5.75 Å². The molecule has 0 radical (unpaired) electrons. The number of allylic oxidation sites excluding steroid dienone is 1. The molecule has 5 heterocycles. The fraction of sp³-hybridized carbons (Fsp3) is 0.611. The van der Waals surface area contributed by atoms with Crippen LogP contribution in [0.1, 0.15) is 109 Å². The monoisotopic (exact) mass is 993 g/mol. The van der Waals surface area contributed by atoms with Crippen LogP contribution in [0.3, 0.4) is 0 Å². The van der Waals surface area contributed by atoms with E-state index in [0.717, 1.165) is 83.1 Å². The van der Waals surface area contributed by atoms with E-state index in [4.69, 9.17) is 19.3 Å². The summed E-state index contributed by atoms with van der Waals surface area (Å²) < 4.78 is 13.9. The van der Waals surface area contributed by atoms with Crippen LogP contribution in [0, 0.1) is 16.2 Å². The average molecular weight is 993 g/mol. The zero-order chi connectivity index (χ0) is 51.2. The SMILES string of the molecule is CCn1c(C2=C([C@H](C)OC)N=CCC2)c2c3cc(ccc31)-c1cc(O)cc(c1)C[C@H](NC(=O)[C@H](C1CCCC1)N(C)C(=O)CN(C)C(=O)[C@@H]1N[C@@H]1C1(OC)CC1)C(=O)N1CCC[C@H](N1)[N+](=O)OCC(C)(C)C2. The van der Waals surface area contributed by atoms with Gasteiger partial charge in [0.1, 0.15) is 23.9 Å². The summed E-state index contributed by atoms with van der Waals surface area (Å²) in [7, 11) is 6.54. The third kappa shape index (κ3) is 10.3. The minimum atomic E-state index is -1.17. The number of nitrogens with one attached hydrogen (secondary N) is 3. The van der Waals surface area contributed by atoms with Gasteiger partial charge in [0.15, 0.2) is 6.61 Å². The number of aliphatic imine (C=N–C) groups is 1. The minimum Gasteiger partial charge on any atom is -0.508 e. The lowest BCUT2D eigenvalue weighted by molar-refractivity contribution is -0.835. The molecule has 2 saturated heterocycles. The molecule has 18 heteroatoms. The van der Waals surface area contributed by atoms with E-state index in [2.05, 4.69) is 53.5 Å². The van der Waals surface area contributed by atoms with Gasteiger partial charge in [0.2, 0.25) is 22.6 Å². The number of aromatic hydroxyl groups is 1. The van der Waals surface area contributed by atoms with E-state index in [1.807, 2.05) is 25.3 Å². The van der Waals surface area contributed by atoms with Gasteiger partial charge in [0.25, 0.3) is 5.91 Å². The average Bonchev–Trinajstić information content (AvgIpc) is 4.28. The largest absolute Gasteiger partial charge is 0.508 e. The molecule has 72 heavy (non-hydrogen) atoms. The van der Waals surface area contributed by atoms with Gasteiger partial charge in [-0.05, 0) is 118 Å². The van der Waals surface area contributed by atoms with Crippen molar-refractivity contribution in [1.29, 1.82) is 0 Å². The summed E-state index contributed by atoms with van der Waals surface area (Å²) in [4.78, 5) is 85.8. The number of nitrogens with zero attached hydrogens (tertiary/aromatic N) is 6. The number of carbonyl (C=O) groups is 4. The van der Waals surface area contributed by atoms with E-state index in [-0.39, 0.29) is 61.4 Å². The van der Waals surface area contributed by atoms with Crippen molar-refractivity contribution in [2.24, 2.45) is 16.3 Å². The second kappa shape index (κ2) is 20.7. The van der Waals surface area contributed by atoms with Crippen LogP contribution in [0.2, 0.25) is 0 Å². The van der Waals surface area contributed by atoms with E-state index in [0.29, 0.717) is 49.1 Å². The van der Waals surface area contributed by atoms with Crippen molar-refractivity contribution in [2.75, 3.05) is 48.0 Å². The second-order valence-corrected chi connectivity index (χ2v) is 21.8. The molecule has 4 N–H and O–H groups in total. The first-order valence-corrected chi connectivity index (χ1v) is 26.0. The van der Waals surface area contributed by atoms with Crippen molar-refractivity contribution in [3.8, 4) is 16.9 Å². The maximum atomic E-state index is 14.9. The van der Waals surface area contributed by atoms with Crippen molar-refractivity contribution in [3.63, 3.8) is 0 Å². The summed E-state index contributed by atoms with van der Waals surface area (Å²) in [6, 6.07) is 8.95. The Balaban J connectivity index is 1.07. The molecule has 9 rings (SSSR count). The number of aryl methyl sites for hydroxylation is 1. The van der Waals surface area contributed by atoms with E-state index >= 15 is 0 Å². The number of benzene rings is 2. The Morgan fingerprint density at radius 1 is 1.06 bits per heavy atom. The molecule has 4 aliphatic heterocycles. The Bertz CT molecular complexity index is 2670. The predicted molar refractivity (Wildman–Crippen MR) is 272 cm³/mol. The second-order valence-electron chi connectivity index (χ2n) is 21.8. The molecule has 18 nitrogen and oxygen atoms in total. The molecule has 6 aliphatic rings. The number of fused-ring (bicyclic) bond motifs is 6. The zero-order valence-electron chi connectivity index (χ0n) is 43.3. The molecule has 2 aliphatic carbocycles. The third-order valence-corrected chi connectivity index (χ3v) is 16.1. The third-order valence-electron chi connectivity index (χ3n) is 16.1. The normalized spacial score (nSPS) is 24.9. The molecule has 4 fully saturated rings. The van der Waals surface area contributed by atoms with Crippen LogP contribution in [0.4, 0.5) is 0 Å². The van der Waals surface area contributed by atoms with E-state index in [1.54, 1.807) is 40.4 Å². The number of aromatic nitrogens is 1. The van der Waals surface area contributed by atoms with Gasteiger partial charge >= 0.3 is 6.17 Å². The van der Waals surface area contributed by atoms with E-state index in [1.165, 1.54) is 14.8 Å². The van der Waals surface area contributed by atoms with Crippen LogP contribution in [0.15, 0.2) is 47.1 Å². The standard InChI is InChI=1S/C54H73N9O9/c1-9-61-42-19-18-35-28-39(42)40(48(61)38-16-12-22-55-45(38)32(2)70-7)29-53(3,4)31-72-63(69)43-17-13-23-62(58-43)51(67)41(26-33-24-36(35)27-37(64)25-33)56-50(66)47(34-14-10-11-15-34)60(6)44(65)30-59(5)52(68)46-49(57-46)54(71-8)20-21-54/h18-19,22,24-25,27-28,32,34,41,43,46-47,49,57-58H,9-17,20-21,23,26,29-31H2,1-8H3,(H-,56,64,66)/p+1/t32-,41-,43+,46+,47-,49-/m0/s1. The number of methoxy groups -OCH3 is 2. The maximum absolute atomic E-state index is 14.9. The summed E-state index contributed by atoms with van der Waals surface area (Å²) in [6.07, 6.45) is 8.80. The molecule has 4 amide bonds. The lowest BCUT2D eigenvalue weighted by Gasteiger charge is -2.35. The van der Waals surface area contributed by atoms with Crippen LogP contribution in [0.25, 0.3) is 27.6 Å². The van der Waals surface area contributed by atoms with E-state index < -0.39 is 47.4 Å². The van der Waals surface area contributed by atoms with Crippen molar-refractivity contribution in [3.05, 3.63) is 63.8 Å². The number of ether oxygens (including phenoxy) is 2. The molecular formula is C54H74N9O9+. The number of phenolic OH excluding ortho intramolecular Hbond substituents is 1. The van der Waals surface area contributed by atoms with Gasteiger partial charge in [-0.25, -0.2) is 4.84 Å². The molecule has 3 aromatic rings. The molecule has 2 aromatic carbocycles. The summed E-state index contributed by atoms with van der Waals surface area (Å²) >= 11 is 0. The highest BCUT2D eigenvalue weighted by atomic mass is 16.8.